The van der Waals surface area contributed by atoms with E-state index >= 15 is 0 Å². The van der Waals surface area contributed by atoms with Crippen LogP contribution in [0.25, 0.3) is 0 Å². The van der Waals surface area contributed by atoms with Crippen molar-refractivity contribution in [3.8, 4) is 5.75 Å². The second kappa shape index (κ2) is 6.76. The maximum absolute atomic E-state index is 6.04. The molecule has 1 atom stereocenters. The van der Waals surface area contributed by atoms with Gasteiger partial charge in [0.1, 0.15) is 12.4 Å². The topological polar surface area (TPSA) is 53.1 Å². The van der Waals surface area contributed by atoms with Gasteiger partial charge in [-0.15, -0.1) is 0 Å². The van der Waals surface area contributed by atoms with Gasteiger partial charge in [0.25, 0.3) is 0 Å². The van der Waals surface area contributed by atoms with E-state index in [0.29, 0.717) is 6.61 Å². The molecule has 1 aromatic carbocycles. The highest BCUT2D eigenvalue weighted by Crippen LogP contribution is 2.26. The first-order valence-electron chi connectivity index (χ1n) is 7.59. The molecule has 114 valence electrons. The number of hydrogen-bond acceptors (Lipinski definition) is 3. The van der Waals surface area contributed by atoms with Crippen molar-refractivity contribution >= 4 is 0 Å². The molecule has 21 heavy (non-hydrogen) atoms. The molecule has 1 heterocycles. The molecule has 0 fully saturated rings. The van der Waals surface area contributed by atoms with Gasteiger partial charge in [0, 0.05) is 18.2 Å². The van der Waals surface area contributed by atoms with E-state index in [1.54, 1.807) is 0 Å². The van der Waals surface area contributed by atoms with Crippen molar-refractivity contribution in [1.82, 2.24) is 9.78 Å². The zero-order chi connectivity index (χ0) is 15.4. The molecule has 4 heteroatoms. The number of aryl methyl sites for hydroxylation is 3. The van der Waals surface area contributed by atoms with Crippen LogP contribution < -0.4 is 10.5 Å². The van der Waals surface area contributed by atoms with Gasteiger partial charge in [0.2, 0.25) is 0 Å². The van der Waals surface area contributed by atoms with E-state index < -0.39 is 0 Å². The highest BCUT2D eigenvalue weighted by atomic mass is 16.5. The van der Waals surface area contributed by atoms with E-state index in [1.807, 2.05) is 17.7 Å². The third-order valence-corrected chi connectivity index (χ3v) is 3.61. The molecule has 0 aliphatic rings. The predicted molar refractivity (Wildman–Crippen MR) is 85.4 cm³/mol. The molecule has 1 unspecified atom stereocenters. The molecule has 0 saturated carbocycles. The Hall–Kier alpha value is -1.81. The molecule has 2 rings (SSSR count). The van der Waals surface area contributed by atoms with Gasteiger partial charge in [-0.2, -0.15) is 5.10 Å². The van der Waals surface area contributed by atoms with Crippen molar-refractivity contribution in [1.29, 1.82) is 0 Å². The molecule has 4 nitrogen and oxygen atoms in total. The summed E-state index contributed by atoms with van der Waals surface area (Å²) in [5.74, 6) is 0.859. The smallest absolute Gasteiger partial charge is 0.130 e. The summed E-state index contributed by atoms with van der Waals surface area (Å²) in [4.78, 5) is 0. The Morgan fingerprint density at radius 3 is 2.67 bits per heavy atom. The molecule has 0 amide bonds. The number of benzene rings is 1. The first kappa shape index (κ1) is 15.6. The lowest BCUT2D eigenvalue weighted by Crippen LogP contribution is -2.10. The first-order chi connectivity index (χ1) is 10.0. The van der Waals surface area contributed by atoms with Crippen LogP contribution in [0, 0.1) is 6.92 Å². The fourth-order valence-corrected chi connectivity index (χ4v) is 2.38. The fourth-order valence-electron chi connectivity index (χ4n) is 2.38. The monoisotopic (exact) mass is 287 g/mol. The van der Waals surface area contributed by atoms with Crippen LogP contribution in [0.2, 0.25) is 0 Å². The molecule has 2 N–H and O–H groups in total. The molecular formula is C17H25N3O. The van der Waals surface area contributed by atoms with Crippen LogP contribution in [0.3, 0.4) is 0 Å². The lowest BCUT2D eigenvalue weighted by molar-refractivity contribution is 0.288. The highest BCUT2D eigenvalue weighted by molar-refractivity contribution is 5.38. The Kier molecular flexibility index (Phi) is 5.02. The van der Waals surface area contributed by atoms with Crippen molar-refractivity contribution in [2.75, 3.05) is 0 Å². The SMILES string of the molecule is CCc1cc(COc2ccc(C)cc2C(C)N)n(CC)n1. The van der Waals surface area contributed by atoms with Gasteiger partial charge in [0.05, 0.1) is 11.4 Å². The van der Waals surface area contributed by atoms with Crippen molar-refractivity contribution in [2.24, 2.45) is 5.73 Å². The lowest BCUT2D eigenvalue weighted by Gasteiger charge is -2.15. The van der Waals surface area contributed by atoms with Crippen molar-refractivity contribution in [3.63, 3.8) is 0 Å². The first-order valence-corrected chi connectivity index (χ1v) is 7.59. The summed E-state index contributed by atoms with van der Waals surface area (Å²) < 4.78 is 8.00. The molecule has 1 aromatic heterocycles. The molecule has 2 aromatic rings. The van der Waals surface area contributed by atoms with Crippen LogP contribution in [0.15, 0.2) is 24.3 Å². The molecular weight excluding hydrogens is 262 g/mol. The third-order valence-electron chi connectivity index (χ3n) is 3.61. The molecule has 0 radical (unpaired) electrons. The normalized spacial score (nSPS) is 12.4. The lowest BCUT2D eigenvalue weighted by atomic mass is 10.1. The summed E-state index contributed by atoms with van der Waals surface area (Å²) in [6.45, 7) is 9.62. The van der Waals surface area contributed by atoms with Crippen LogP contribution in [0.4, 0.5) is 0 Å². The van der Waals surface area contributed by atoms with Crippen molar-refractivity contribution < 1.29 is 4.74 Å². The quantitative estimate of drug-likeness (QED) is 0.886. The van der Waals surface area contributed by atoms with Crippen molar-refractivity contribution in [2.45, 2.75) is 53.3 Å². The molecule has 0 saturated heterocycles. The third kappa shape index (κ3) is 3.64. The van der Waals surface area contributed by atoms with Crippen LogP contribution in [0.1, 0.15) is 49.3 Å². The summed E-state index contributed by atoms with van der Waals surface area (Å²) in [5.41, 5.74) is 10.5. The number of nitrogens with zero attached hydrogens (tertiary/aromatic N) is 2. The summed E-state index contributed by atoms with van der Waals surface area (Å²) in [6, 6.07) is 8.22. The number of nitrogens with two attached hydrogens (primary N) is 1. The Bertz CT molecular complexity index is 602. The minimum absolute atomic E-state index is 0.0396. The largest absolute Gasteiger partial charge is 0.487 e. The van der Waals surface area contributed by atoms with Gasteiger partial charge in [-0.25, -0.2) is 0 Å². The van der Waals surface area contributed by atoms with E-state index in [0.717, 1.165) is 35.7 Å². The number of ether oxygens (including phenoxy) is 1. The van der Waals surface area contributed by atoms with Gasteiger partial charge in [0.15, 0.2) is 0 Å². The van der Waals surface area contributed by atoms with E-state index in [-0.39, 0.29) is 6.04 Å². The standard InChI is InChI=1S/C17H25N3O/c1-5-14-10-15(20(6-2)19-14)11-21-17-8-7-12(3)9-16(17)13(4)18/h7-10,13H,5-6,11,18H2,1-4H3. The maximum atomic E-state index is 6.04. The van der Waals surface area contributed by atoms with Crippen LogP contribution >= 0.6 is 0 Å². The van der Waals surface area contributed by atoms with Crippen molar-refractivity contribution in [3.05, 3.63) is 46.8 Å². The molecule has 0 aliphatic carbocycles. The van der Waals surface area contributed by atoms with E-state index in [9.17, 15) is 0 Å². The molecule has 0 spiro atoms. The summed E-state index contributed by atoms with van der Waals surface area (Å²) in [5, 5.41) is 4.54. The second-order valence-electron chi connectivity index (χ2n) is 5.41. The predicted octanol–water partition coefficient (Wildman–Crippen LogP) is 3.37. The number of rotatable bonds is 6. The van der Waals surface area contributed by atoms with Crippen LogP contribution in [0.5, 0.6) is 5.75 Å². The number of aromatic nitrogens is 2. The Morgan fingerprint density at radius 1 is 1.29 bits per heavy atom. The minimum atomic E-state index is -0.0396. The van der Waals surface area contributed by atoms with Crippen LogP contribution in [-0.4, -0.2) is 9.78 Å². The summed E-state index contributed by atoms with van der Waals surface area (Å²) in [6.07, 6.45) is 0.940. The van der Waals surface area contributed by atoms with E-state index in [4.69, 9.17) is 10.5 Å². The van der Waals surface area contributed by atoms with E-state index in [2.05, 4.69) is 44.1 Å². The summed E-state index contributed by atoms with van der Waals surface area (Å²) in [7, 11) is 0. The van der Waals surface area contributed by atoms with Gasteiger partial charge in [-0.3, -0.25) is 4.68 Å². The van der Waals surface area contributed by atoms with Gasteiger partial charge < -0.3 is 10.5 Å². The van der Waals surface area contributed by atoms with Gasteiger partial charge >= 0.3 is 0 Å². The van der Waals surface area contributed by atoms with Gasteiger partial charge in [-0.05, 0) is 39.3 Å². The summed E-state index contributed by atoms with van der Waals surface area (Å²) >= 11 is 0. The zero-order valence-electron chi connectivity index (χ0n) is 13.4. The molecule has 0 aliphatic heterocycles. The minimum Gasteiger partial charge on any atom is -0.487 e. The fraction of sp³-hybridized carbons (Fsp3) is 0.471. The zero-order valence-corrected chi connectivity index (χ0v) is 13.4. The molecule has 0 bridgehead atoms. The Balaban J connectivity index is 2.18. The second-order valence-corrected chi connectivity index (χ2v) is 5.41. The number of hydrogen-bond donors (Lipinski definition) is 1. The van der Waals surface area contributed by atoms with E-state index in [1.165, 1.54) is 5.56 Å². The Morgan fingerprint density at radius 2 is 2.05 bits per heavy atom. The maximum Gasteiger partial charge on any atom is 0.130 e. The van der Waals surface area contributed by atoms with Gasteiger partial charge in [-0.1, -0.05) is 24.6 Å². The average molecular weight is 287 g/mol. The highest BCUT2D eigenvalue weighted by Gasteiger charge is 2.11. The Labute approximate surface area is 126 Å². The van der Waals surface area contributed by atoms with Crippen LogP contribution in [-0.2, 0) is 19.6 Å². The average Bonchev–Trinajstić information content (AvgIpc) is 2.88.